The molecule has 0 aromatic carbocycles. The molecule has 1 atom stereocenters. The molecule has 7 heteroatoms. The molecule has 1 N–H and O–H groups in total. The molecule has 4 rings (SSSR count). The molecule has 3 aromatic rings. The second-order valence-corrected chi connectivity index (χ2v) is 7.07. The standard InChI is InChI=1S/C19H19N5OS/c25-18(10-14-5-9-26-13-14)22-16-4-8-24(12-16)19-21-7-3-17(23-19)15-2-1-6-20-11-15/h1-3,5-7,9,11,13,16H,4,8,10,12H2,(H,22,25). The summed E-state index contributed by atoms with van der Waals surface area (Å²) >= 11 is 1.61. The summed E-state index contributed by atoms with van der Waals surface area (Å²) in [6.07, 6.45) is 6.65. The van der Waals surface area contributed by atoms with Crippen molar-refractivity contribution >= 4 is 23.2 Å². The summed E-state index contributed by atoms with van der Waals surface area (Å²) in [5, 5.41) is 7.13. The van der Waals surface area contributed by atoms with Crippen molar-refractivity contribution < 1.29 is 4.79 Å². The van der Waals surface area contributed by atoms with Gasteiger partial charge in [0.15, 0.2) is 0 Å². The van der Waals surface area contributed by atoms with Gasteiger partial charge in [0.05, 0.1) is 12.1 Å². The first-order valence-corrected chi connectivity index (χ1v) is 9.51. The van der Waals surface area contributed by atoms with E-state index in [0.29, 0.717) is 12.4 Å². The Morgan fingerprint density at radius 3 is 3.08 bits per heavy atom. The zero-order valence-corrected chi connectivity index (χ0v) is 15.0. The number of hydrogen-bond acceptors (Lipinski definition) is 6. The van der Waals surface area contributed by atoms with Crippen LogP contribution in [0.2, 0.25) is 0 Å². The molecule has 1 aliphatic rings. The van der Waals surface area contributed by atoms with Gasteiger partial charge in [-0.1, -0.05) is 0 Å². The van der Waals surface area contributed by atoms with Gasteiger partial charge in [-0.15, -0.1) is 0 Å². The molecule has 1 aliphatic heterocycles. The quantitative estimate of drug-likeness (QED) is 0.752. The molecule has 1 fully saturated rings. The number of aromatic nitrogens is 3. The SMILES string of the molecule is O=C(Cc1ccsc1)NC1CCN(c2nccc(-c3cccnc3)n2)C1. The van der Waals surface area contributed by atoms with E-state index in [1.54, 1.807) is 29.9 Å². The lowest BCUT2D eigenvalue weighted by molar-refractivity contribution is -0.121. The van der Waals surface area contributed by atoms with Crippen molar-refractivity contribution in [2.45, 2.75) is 18.9 Å². The summed E-state index contributed by atoms with van der Waals surface area (Å²) in [4.78, 5) is 27.5. The summed E-state index contributed by atoms with van der Waals surface area (Å²) in [7, 11) is 0. The van der Waals surface area contributed by atoms with Crippen molar-refractivity contribution in [3.8, 4) is 11.3 Å². The lowest BCUT2D eigenvalue weighted by Gasteiger charge is -2.17. The molecule has 0 spiro atoms. The largest absolute Gasteiger partial charge is 0.351 e. The van der Waals surface area contributed by atoms with E-state index < -0.39 is 0 Å². The predicted octanol–water partition coefficient (Wildman–Crippen LogP) is 2.54. The van der Waals surface area contributed by atoms with Crippen LogP contribution in [0.4, 0.5) is 5.95 Å². The van der Waals surface area contributed by atoms with Crippen molar-refractivity contribution in [2.24, 2.45) is 0 Å². The van der Waals surface area contributed by atoms with Crippen LogP contribution in [0.5, 0.6) is 0 Å². The Bertz CT molecular complexity index is 869. The first-order valence-electron chi connectivity index (χ1n) is 8.57. The van der Waals surface area contributed by atoms with E-state index in [9.17, 15) is 4.79 Å². The molecule has 1 amide bonds. The average Bonchev–Trinajstić information content (AvgIpc) is 3.35. The number of carbonyl (C=O) groups excluding carboxylic acids is 1. The van der Waals surface area contributed by atoms with Crippen LogP contribution in [-0.2, 0) is 11.2 Å². The minimum absolute atomic E-state index is 0.0697. The van der Waals surface area contributed by atoms with E-state index in [1.807, 2.05) is 35.0 Å². The third-order valence-electron chi connectivity index (χ3n) is 4.38. The second kappa shape index (κ2) is 7.61. The van der Waals surface area contributed by atoms with E-state index in [0.717, 1.165) is 36.3 Å². The van der Waals surface area contributed by atoms with Crippen LogP contribution in [0.3, 0.4) is 0 Å². The van der Waals surface area contributed by atoms with Gasteiger partial charge in [0.25, 0.3) is 0 Å². The number of nitrogens with one attached hydrogen (secondary N) is 1. The van der Waals surface area contributed by atoms with Gasteiger partial charge in [-0.05, 0) is 47.0 Å². The van der Waals surface area contributed by atoms with Crippen molar-refractivity contribution in [2.75, 3.05) is 18.0 Å². The van der Waals surface area contributed by atoms with E-state index in [4.69, 9.17) is 0 Å². The number of thiophene rings is 1. The van der Waals surface area contributed by atoms with Gasteiger partial charge >= 0.3 is 0 Å². The van der Waals surface area contributed by atoms with Gasteiger partial charge < -0.3 is 10.2 Å². The van der Waals surface area contributed by atoms with Crippen molar-refractivity contribution in [3.05, 3.63) is 59.2 Å². The molecule has 26 heavy (non-hydrogen) atoms. The number of rotatable bonds is 5. The molecular formula is C19H19N5OS. The van der Waals surface area contributed by atoms with Gasteiger partial charge in [0.2, 0.25) is 11.9 Å². The van der Waals surface area contributed by atoms with Crippen molar-refractivity contribution in [3.63, 3.8) is 0 Å². The molecule has 1 saturated heterocycles. The summed E-state index contributed by atoms with van der Waals surface area (Å²) < 4.78 is 0. The third kappa shape index (κ3) is 3.88. The molecule has 3 aromatic heterocycles. The first kappa shape index (κ1) is 16.7. The minimum atomic E-state index is 0.0697. The highest BCUT2D eigenvalue weighted by Gasteiger charge is 2.25. The van der Waals surface area contributed by atoms with Crippen LogP contribution in [0, 0.1) is 0 Å². The van der Waals surface area contributed by atoms with Gasteiger partial charge in [-0.2, -0.15) is 11.3 Å². The maximum atomic E-state index is 12.2. The van der Waals surface area contributed by atoms with E-state index in [-0.39, 0.29) is 11.9 Å². The molecule has 6 nitrogen and oxygen atoms in total. The second-order valence-electron chi connectivity index (χ2n) is 6.29. The summed E-state index contributed by atoms with van der Waals surface area (Å²) in [6, 6.07) is 7.88. The van der Waals surface area contributed by atoms with Crippen LogP contribution in [-0.4, -0.2) is 40.0 Å². The Labute approximate surface area is 155 Å². The Balaban J connectivity index is 1.38. The summed E-state index contributed by atoms with van der Waals surface area (Å²) in [5.74, 6) is 0.765. The number of pyridine rings is 1. The smallest absolute Gasteiger partial charge is 0.225 e. The van der Waals surface area contributed by atoms with Crippen molar-refractivity contribution in [1.29, 1.82) is 0 Å². The maximum absolute atomic E-state index is 12.2. The van der Waals surface area contributed by atoms with E-state index >= 15 is 0 Å². The Hall–Kier alpha value is -2.80. The predicted molar refractivity (Wildman–Crippen MR) is 102 cm³/mol. The minimum Gasteiger partial charge on any atom is -0.351 e. The molecular weight excluding hydrogens is 346 g/mol. The van der Waals surface area contributed by atoms with Gasteiger partial charge in [-0.3, -0.25) is 9.78 Å². The highest BCUT2D eigenvalue weighted by molar-refractivity contribution is 7.08. The fraction of sp³-hybridized carbons (Fsp3) is 0.263. The summed E-state index contributed by atoms with van der Waals surface area (Å²) in [6.45, 7) is 1.56. The van der Waals surface area contributed by atoms with Crippen LogP contribution in [0.25, 0.3) is 11.3 Å². The maximum Gasteiger partial charge on any atom is 0.225 e. The fourth-order valence-electron chi connectivity index (χ4n) is 3.09. The van der Waals surface area contributed by atoms with E-state index in [2.05, 4.69) is 25.2 Å². The van der Waals surface area contributed by atoms with Crippen LogP contribution in [0.1, 0.15) is 12.0 Å². The fourth-order valence-corrected chi connectivity index (χ4v) is 3.76. The number of amides is 1. The zero-order chi connectivity index (χ0) is 17.8. The number of anilines is 1. The lowest BCUT2D eigenvalue weighted by Crippen LogP contribution is -2.38. The highest BCUT2D eigenvalue weighted by atomic mass is 32.1. The van der Waals surface area contributed by atoms with Gasteiger partial charge in [-0.25, -0.2) is 9.97 Å². The molecule has 0 saturated carbocycles. The van der Waals surface area contributed by atoms with Crippen LogP contribution < -0.4 is 10.2 Å². The summed E-state index contributed by atoms with van der Waals surface area (Å²) in [5.41, 5.74) is 2.89. The molecule has 1 unspecified atom stereocenters. The Morgan fingerprint density at radius 2 is 2.27 bits per heavy atom. The number of hydrogen-bond donors (Lipinski definition) is 1. The van der Waals surface area contributed by atoms with Gasteiger partial charge in [0, 0.05) is 43.3 Å². The Kier molecular flexibility index (Phi) is 4.88. The van der Waals surface area contributed by atoms with Gasteiger partial charge in [0.1, 0.15) is 0 Å². The van der Waals surface area contributed by atoms with Crippen LogP contribution >= 0.6 is 11.3 Å². The van der Waals surface area contributed by atoms with Crippen LogP contribution in [0.15, 0.2) is 53.6 Å². The zero-order valence-electron chi connectivity index (χ0n) is 14.2. The third-order valence-corrected chi connectivity index (χ3v) is 5.11. The molecule has 0 aliphatic carbocycles. The molecule has 4 heterocycles. The molecule has 132 valence electrons. The van der Waals surface area contributed by atoms with E-state index in [1.165, 1.54) is 0 Å². The van der Waals surface area contributed by atoms with Crippen molar-refractivity contribution in [1.82, 2.24) is 20.3 Å². The average molecular weight is 365 g/mol. The lowest BCUT2D eigenvalue weighted by atomic mass is 10.2. The Morgan fingerprint density at radius 1 is 1.31 bits per heavy atom. The molecule has 0 radical (unpaired) electrons. The highest BCUT2D eigenvalue weighted by Crippen LogP contribution is 2.21. The molecule has 0 bridgehead atoms. The number of carbonyl (C=O) groups is 1. The normalized spacial score (nSPS) is 16.6. The first-order chi connectivity index (χ1) is 12.8. The monoisotopic (exact) mass is 365 g/mol. The topological polar surface area (TPSA) is 71.0 Å². The number of nitrogens with zero attached hydrogens (tertiary/aromatic N) is 4.